The Kier molecular flexibility index (Phi) is 3.91. The van der Waals surface area contributed by atoms with Gasteiger partial charge in [0.05, 0.1) is 6.54 Å². The molecule has 0 atom stereocenters. The molecule has 18 heavy (non-hydrogen) atoms. The molecule has 2 rings (SSSR count). The van der Waals surface area contributed by atoms with E-state index in [-0.39, 0.29) is 0 Å². The van der Waals surface area contributed by atoms with Gasteiger partial charge in [0.15, 0.2) is 0 Å². The average molecular weight is 240 g/mol. The summed E-state index contributed by atoms with van der Waals surface area (Å²) in [6.07, 6.45) is 0. The number of aryl methyl sites for hydroxylation is 1. The predicted molar refractivity (Wildman–Crippen MR) is 72.5 cm³/mol. The Labute approximate surface area is 106 Å². The normalized spacial score (nSPS) is 10.7. The molecule has 4 nitrogen and oxygen atoms in total. The molecule has 92 valence electrons. The van der Waals surface area contributed by atoms with Crippen molar-refractivity contribution in [2.24, 2.45) is 16.3 Å². The van der Waals surface area contributed by atoms with Gasteiger partial charge in [0, 0.05) is 0 Å². The molecule has 0 aliphatic heterocycles. The van der Waals surface area contributed by atoms with Crippen LogP contribution in [0.1, 0.15) is 11.1 Å². The SMILES string of the molecule is Cc1ccc(-c2ccccc2CN/N=N\N)cc1. The zero-order valence-corrected chi connectivity index (χ0v) is 10.3. The number of benzene rings is 2. The summed E-state index contributed by atoms with van der Waals surface area (Å²) in [5, 5.41) is 6.75. The monoisotopic (exact) mass is 240 g/mol. The fraction of sp³-hybridized carbons (Fsp3) is 0.143. The fourth-order valence-electron chi connectivity index (χ4n) is 1.85. The highest BCUT2D eigenvalue weighted by molar-refractivity contribution is 5.67. The lowest BCUT2D eigenvalue weighted by Gasteiger charge is -2.09. The van der Waals surface area contributed by atoms with Crippen LogP contribution in [-0.2, 0) is 6.54 Å². The number of nitrogens with one attached hydrogen (secondary N) is 1. The van der Waals surface area contributed by atoms with Crippen LogP contribution in [0, 0.1) is 6.92 Å². The molecule has 0 amide bonds. The third-order valence-corrected chi connectivity index (χ3v) is 2.78. The molecule has 2 aromatic rings. The lowest BCUT2D eigenvalue weighted by Crippen LogP contribution is -2.06. The van der Waals surface area contributed by atoms with Crippen molar-refractivity contribution in [1.82, 2.24) is 5.43 Å². The van der Waals surface area contributed by atoms with E-state index in [1.165, 1.54) is 16.7 Å². The molecule has 3 N–H and O–H groups in total. The van der Waals surface area contributed by atoms with Gasteiger partial charge in [-0.05, 0) is 23.6 Å². The third-order valence-electron chi connectivity index (χ3n) is 2.78. The lowest BCUT2D eigenvalue weighted by molar-refractivity contribution is 0.678. The molecule has 0 saturated carbocycles. The van der Waals surface area contributed by atoms with Crippen LogP contribution in [0.5, 0.6) is 0 Å². The second kappa shape index (κ2) is 5.82. The van der Waals surface area contributed by atoms with E-state index in [1.54, 1.807) is 0 Å². The summed E-state index contributed by atoms with van der Waals surface area (Å²) >= 11 is 0. The molecule has 0 aliphatic rings. The Bertz CT molecular complexity index is 532. The van der Waals surface area contributed by atoms with Crippen LogP contribution in [0.3, 0.4) is 0 Å². The van der Waals surface area contributed by atoms with Crippen LogP contribution in [-0.4, -0.2) is 0 Å². The van der Waals surface area contributed by atoms with Crippen LogP contribution in [0.15, 0.2) is 59.0 Å². The van der Waals surface area contributed by atoms with Gasteiger partial charge in [-0.2, -0.15) is 0 Å². The highest BCUT2D eigenvalue weighted by Gasteiger charge is 2.03. The Morgan fingerprint density at radius 3 is 2.50 bits per heavy atom. The van der Waals surface area contributed by atoms with Crippen molar-refractivity contribution in [2.45, 2.75) is 13.5 Å². The van der Waals surface area contributed by atoms with Crippen LogP contribution in [0.4, 0.5) is 0 Å². The van der Waals surface area contributed by atoms with E-state index in [9.17, 15) is 0 Å². The Morgan fingerprint density at radius 1 is 1.06 bits per heavy atom. The first kappa shape index (κ1) is 12.1. The standard InChI is InChI=1S/C14H16N4/c1-11-6-8-12(9-7-11)14-5-3-2-4-13(14)10-16-18-17-15/h2-9H,10H2,1H3,(H2,15,18)(H,16,17). The lowest BCUT2D eigenvalue weighted by atomic mass is 9.99. The molecule has 2 aromatic carbocycles. The van der Waals surface area contributed by atoms with E-state index in [0.29, 0.717) is 6.54 Å². The van der Waals surface area contributed by atoms with Crippen molar-refractivity contribution in [3.63, 3.8) is 0 Å². The van der Waals surface area contributed by atoms with Crippen molar-refractivity contribution >= 4 is 0 Å². The molecule has 0 bridgehead atoms. The maximum Gasteiger partial charge on any atom is 0.0603 e. The Balaban J connectivity index is 2.29. The quantitative estimate of drug-likeness (QED) is 0.490. The minimum atomic E-state index is 0.602. The maximum absolute atomic E-state index is 4.95. The van der Waals surface area contributed by atoms with Gasteiger partial charge >= 0.3 is 0 Å². The molecule has 0 aliphatic carbocycles. The van der Waals surface area contributed by atoms with E-state index >= 15 is 0 Å². The second-order valence-corrected chi connectivity index (χ2v) is 4.07. The molecule has 0 unspecified atom stereocenters. The summed E-state index contributed by atoms with van der Waals surface area (Å²) in [5.74, 6) is 4.95. The molecule has 0 saturated heterocycles. The van der Waals surface area contributed by atoms with E-state index in [0.717, 1.165) is 5.56 Å². The topological polar surface area (TPSA) is 62.8 Å². The second-order valence-electron chi connectivity index (χ2n) is 4.07. The highest BCUT2D eigenvalue weighted by atomic mass is 15.5. The summed E-state index contributed by atoms with van der Waals surface area (Å²) in [6.45, 7) is 2.68. The maximum atomic E-state index is 4.95. The first-order chi connectivity index (χ1) is 8.81. The first-order valence-corrected chi connectivity index (χ1v) is 5.79. The summed E-state index contributed by atoms with van der Waals surface area (Å²) in [6, 6.07) is 16.7. The average Bonchev–Trinajstić information content (AvgIpc) is 2.41. The minimum absolute atomic E-state index is 0.602. The minimum Gasteiger partial charge on any atom is -0.303 e. The third kappa shape index (κ3) is 2.85. The molecule has 0 aromatic heterocycles. The van der Waals surface area contributed by atoms with Crippen LogP contribution >= 0.6 is 0 Å². The fourth-order valence-corrected chi connectivity index (χ4v) is 1.85. The van der Waals surface area contributed by atoms with Gasteiger partial charge in [0.25, 0.3) is 0 Å². The largest absolute Gasteiger partial charge is 0.303 e. The van der Waals surface area contributed by atoms with Gasteiger partial charge in [-0.3, -0.25) is 5.43 Å². The molecule has 0 spiro atoms. The van der Waals surface area contributed by atoms with E-state index in [2.05, 4.69) is 59.2 Å². The zero-order chi connectivity index (χ0) is 12.8. The molecule has 4 heteroatoms. The van der Waals surface area contributed by atoms with Crippen molar-refractivity contribution in [2.75, 3.05) is 0 Å². The molecule has 0 radical (unpaired) electrons. The number of nitrogens with two attached hydrogens (primary N) is 1. The number of hydrogen-bond donors (Lipinski definition) is 2. The summed E-state index contributed by atoms with van der Waals surface area (Å²) in [5.41, 5.74) is 7.61. The van der Waals surface area contributed by atoms with E-state index in [1.807, 2.05) is 12.1 Å². The van der Waals surface area contributed by atoms with Gasteiger partial charge in [-0.25, -0.2) is 0 Å². The van der Waals surface area contributed by atoms with Crippen LogP contribution in [0.25, 0.3) is 11.1 Å². The van der Waals surface area contributed by atoms with E-state index in [4.69, 9.17) is 5.84 Å². The number of rotatable bonds is 4. The van der Waals surface area contributed by atoms with Crippen molar-refractivity contribution < 1.29 is 0 Å². The molecular formula is C14H16N4. The van der Waals surface area contributed by atoms with Gasteiger partial charge in [-0.1, -0.05) is 64.5 Å². The number of hydrogen-bond acceptors (Lipinski definition) is 2. The zero-order valence-electron chi connectivity index (χ0n) is 10.3. The summed E-state index contributed by atoms with van der Waals surface area (Å²) in [4.78, 5) is 0. The van der Waals surface area contributed by atoms with Gasteiger partial charge in [-0.15, -0.1) is 0 Å². The van der Waals surface area contributed by atoms with Crippen molar-refractivity contribution in [3.8, 4) is 11.1 Å². The first-order valence-electron chi connectivity index (χ1n) is 5.79. The van der Waals surface area contributed by atoms with Crippen molar-refractivity contribution in [3.05, 3.63) is 59.7 Å². The predicted octanol–water partition coefficient (Wildman–Crippen LogP) is 2.99. The smallest absolute Gasteiger partial charge is 0.0603 e. The number of nitrogens with zero attached hydrogens (tertiary/aromatic N) is 2. The molecular weight excluding hydrogens is 224 g/mol. The van der Waals surface area contributed by atoms with Gasteiger partial charge < -0.3 is 5.84 Å². The van der Waals surface area contributed by atoms with E-state index < -0.39 is 0 Å². The molecule has 0 fully saturated rings. The Hall–Kier alpha value is -2.36. The van der Waals surface area contributed by atoms with Gasteiger partial charge in [0.1, 0.15) is 0 Å². The van der Waals surface area contributed by atoms with Crippen molar-refractivity contribution in [1.29, 1.82) is 0 Å². The summed E-state index contributed by atoms with van der Waals surface area (Å²) in [7, 11) is 0. The van der Waals surface area contributed by atoms with Crippen LogP contribution < -0.4 is 11.3 Å². The Morgan fingerprint density at radius 2 is 1.78 bits per heavy atom. The summed E-state index contributed by atoms with van der Waals surface area (Å²) < 4.78 is 0. The highest BCUT2D eigenvalue weighted by Crippen LogP contribution is 2.23. The van der Waals surface area contributed by atoms with Gasteiger partial charge in [0.2, 0.25) is 0 Å². The van der Waals surface area contributed by atoms with Crippen LogP contribution in [0.2, 0.25) is 0 Å². The molecule has 0 heterocycles.